The molecule has 0 bridgehead atoms. The predicted octanol–water partition coefficient (Wildman–Crippen LogP) is 1.48. The number of Topliss-reactive ketones (excluding diaryl/α,β-unsaturated/α-hetero) is 1. The highest BCUT2D eigenvalue weighted by atomic mass is 19.1. The van der Waals surface area contributed by atoms with Gasteiger partial charge in [-0.05, 0) is 89.8 Å². The van der Waals surface area contributed by atoms with E-state index in [0.717, 1.165) is 45.2 Å². The topological polar surface area (TPSA) is 116 Å². The zero-order valence-electron chi connectivity index (χ0n) is 30.8. The molecule has 12 unspecified atom stereocenters. The zero-order valence-corrected chi connectivity index (χ0v) is 30.8. The van der Waals surface area contributed by atoms with Crippen molar-refractivity contribution >= 4 is 17.6 Å². The van der Waals surface area contributed by atoms with Crippen molar-refractivity contribution in [1.82, 2.24) is 30.2 Å². The van der Waals surface area contributed by atoms with Gasteiger partial charge in [0, 0.05) is 50.4 Å². The summed E-state index contributed by atoms with van der Waals surface area (Å²) in [5.41, 5.74) is 0.184. The van der Waals surface area contributed by atoms with Crippen molar-refractivity contribution in [1.29, 1.82) is 0 Å². The molecule has 2 N–H and O–H groups in total. The molecule has 0 aromatic rings. The Labute approximate surface area is 307 Å². The third kappa shape index (κ3) is 6.52. The Morgan fingerprint density at radius 3 is 2.58 bits per heavy atom. The Morgan fingerprint density at radius 2 is 1.75 bits per heavy atom. The second-order valence-corrected chi connectivity index (χ2v) is 17.4. The van der Waals surface area contributed by atoms with Gasteiger partial charge in [-0.15, -0.1) is 0 Å². The van der Waals surface area contributed by atoms with E-state index < -0.39 is 24.2 Å². The largest absolute Gasteiger partial charge is 0.378 e. The number of nitrogens with zero attached hydrogens (tertiary/aromatic N) is 4. The molecule has 0 radical (unpaired) electrons. The van der Waals surface area contributed by atoms with Gasteiger partial charge in [-0.3, -0.25) is 19.3 Å². The Hall–Kier alpha value is -2.16. The third-order valence-corrected chi connectivity index (χ3v) is 14.6. The lowest BCUT2D eigenvalue weighted by molar-refractivity contribution is -0.220. The number of alkyl halides is 1. The van der Waals surface area contributed by atoms with Crippen LogP contribution >= 0.6 is 0 Å². The van der Waals surface area contributed by atoms with Crippen LogP contribution in [0.3, 0.4) is 0 Å². The number of hydrogen-bond acceptors (Lipinski definition) is 10. The molecule has 0 spiro atoms. The second kappa shape index (κ2) is 14.8. The molecule has 9 rings (SSSR count). The number of morpholine rings is 2. The summed E-state index contributed by atoms with van der Waals surface area (Å²) < 4.78 is 36.1. The molecule has 6 aliphatic heterocycles. The maximum Gasteiger partial charge on any atom is 0.259 e. The molecule has 5 saturated heterocycles. The van der Waals surface area contributed by atoms with Gasteiger partial charge in [0.25, 0.3) is 5.91 Å². The minimum Gasteiger partial charge on any atom is -0.378 e. The summed E-state index contributed by atoms with van der Waals surface area (Å²) in [7, 11) is 2.17. The summed E-state index contributed by atoms with van der Waals surface area (Å²) in [6, 6.07) is -0.370. The lowest BCUT2D eigenvalue weighted by Gasteiger charge is -2.61. The van der Waals surface area contributed by atoms with Crippen LogP contribution in [0.4, 0.5) is 4.39 Å². The van der Waals surface area contributed by atoms with Crippen molar-refractivity contribution in [3.63, 3.8) is 0 Å². The van der Waals surface area contributed by atoms with Gasteiger partial charge in [-0.2, -0.15) is 0 Å². The van der Waals surface area contributed by atoms with Crippen LogP contribution in [0, 0.1) is 17.8 Å². The fourth-order valence-corrected chi connectivity index (χ4v) is 12.0. The van der Waals surface area contributed by atoms with E-state index in [1.54, 1.807) is 4.90 Å². The Kier molecular flexibility index (Phi) is 10.1. The van der Waals surface area contributed by atoms with Crippen LogP contribution in [0.25, 0.3) is 0 Å². The van der Waals surface area contributed by atoms with Crippen LogP contribution in [0.1, 0.15) is 70.6 Å². The molecule has 12 nitrogen and oxygen atoms in total. The summed E-state index contributed by atoms with van der Waals surface area (Å²) in [4.78, 5) is 49.7. The van der Waals surface area contributed by atoms with Gasteiger partial charge in [0.05, 0.1) is 67.9 Å². The van der Waals surface area contributed by atoms with Crippen molar-refractivity contribution in [3.8, 4) is 0 Å². The summed E-state index contributed by atoms with van der Waals surface area (Å²) >= 11 is 0. The highest BCUT2D eigenvalue weighted by Crippen LogP contribution is 2.53. The van der Waals surface area contributed by atoms with Crippen LogP contribution in [0.2, 0.25) is 0 Å². The minimum absolute atomic E-state index is 0.0212. The van der Waals surface area contributed by atoms with E-state index in [1.807, 2.05) is 6.20 Å². The van der Waals surface area contributed by atoms with Gasteiger partial charge in [-0.25, -0.2) is 4.39 Å². The lowest BCUT2D eigenvalue weighted by atomic mass is 9.67. The molecule has 3 aliphatic carbocycles. The molecule has 52 heavy (non-hydrogen) atoms. The van der Waals surface area contributed by atoms with Gasteiger partial charge in [0.1, 0.15) is 6.17 Å². The Bertz CT molecular complexity index is 1400. The maximum absolute atomic E-state index is 16.8. The van der Waals surface area contributed by atoms with Crippen LogP contribution in [0.5, 0.6) is 0 Å². The van der Waals surface area contributed by atoms with E-state index in [2.05, 4.69) is 32.4 Å². The number of amides is 2. The van der Waals surface area contributed by atoms with Crippen molar-refractivity contribution < 1.29 is 33.0 Å². The molecule has 288 valence electrons. The number of hydrogen-bond donors (Lipinski definition) is 2. The Balaban J connectivity index is 0.921. The number of ketones is 1. The maximum atomic E-state index is 16.8. The van der Waals surface area contributed by atoms with Gasteiger partial charge < -0.3 is 39.5 Å². The third-order valence-electron chi connectivity index (χ3n) is 14.6. The summed E-state index contributed by atoms with van der Waals surface area (Å²) in [6.45, 7) is 5.26. The quantitative estimate of drug-likeness (QED) is 0.282. The summed E-state index contributed by atoms with van der Waals surface area (Å²) in [5.74, 6) is -0.220. The zero-order chi connectivity index (χ0) is 35.5. The van der Waals surface area contributed by atoms with Gasteiger partial charge in [0.15, 0.2) is 5.78 Å². The first kappa shape index (κ1) is 35.5. The highest BCUT2D eigenvalue weighted by Gasteiger charge is 2.62. The number of rotatable bonds is 8. The average Bonchev–Trinajstić information content (AvgIpc) is 3.88. The van der Waals surface area contributed by atoms with Gasteiger partial charge in [0.2, 0.25) is 5.91 Å². The average molecular weight is 727 g/mol. The SMILES string of the molecule is CN1CCCC1CCNCC(=O)N[C@@H]1CCN(C2C(F)CC3C(=O)C(C(=O)N4CCOCC4)=CN4C5CC6OC7CCCCC7C6CC5OC2C34)C1. The predicted molar refractivity (Wildman–Crippen MR) is 190 cm³/mol. The van der Waals surface area contributed by atoms with E-state index in [0.29, 0.717) is 63.4 Å². The van der Waals surface area contributed by atoms with E-state index >= 15 is 4.39 Å². The first-order valence-corrected chi connectivity index (χ1v) is 20.6. The number of likely N-dealkylation sites (tertiary alicyclic amines) is 2. The molecule has 2 amide bonds. The first-order valence-electron chi connectivity index (χ1n) is 20.6. The van der Waals surface area contributed by atoms with Crippen LogP contribution in [-0.4, -0.2) is 164 Å². The molecule has 13 heteroatoms. The number of ether oxygens (including phenoxy) is 3. The van der Waals surface area contributed by atoms with Crippen LogP contribution in [0.15, 0.2) is 11.8 Å². The standard InChI is InChI=1S/C39H59FN6O6/c1-43-11-4-5-24(43)8-10-41-20-34(47)42-23-9-12-45(21-23)36-29(40)17-27-35-38(36)52-33-18-26-25-6-2-3-7-31(25)51-32(26)19-30(33)46(35)22-28(37(27)48)39(49)44-13-15-50-16-14-44/h22-27,29-33,35-36,38,41H,2-21H2,1H3,(H,42,47)/t23-,24?,25?,26?,27?,29?,30?,31?,32?,33?,35?,36?,38?/m1/s1. The molecule has 6 heterocycles. The van der Waals surface area contributed by atoms with Crippen LogP contribution in [-0.2, 0) is 28.6 Å². The molecule has 8 fully saturated rings. The van der Waals surface area contributed by atoms with Gasteiger partial charge >= 0.3 is 0 Å². The number of halogens is 1. The number of carbonyl (C=O) groups excluding carboxylic acids is 3. The monoisotopic (exact) mass is 726 g/mol. The van der Waals surface area contributed by atoms with Crippen LogP contribution < -0.4 is 10.6 Å². The van der Waals surface area contributed by atoms with E-state index in [9.17, 15) is 14.4 Å². The molecule has 9 aliphatic rings. The van der Waals surface area contributed by atoms with Crippen molar-refractivity contribution in [2.45, 2.75) is 131 Å². The lowest BCUT2D eigenvalue weighted by Crippen LogP contribution is -2.73. The second-order valence-electron chi connectivity index (χ2n) is 17.4. The normalized spacial score (nSPS) is 43.4. The smallest absolute Gasteiger partial charge is 0.259 e. The minimum atomic E-state index is -1.29. The fourth-order valence-electron chi connectivity index (χ4n) is 12.0. The van der Waals surface area contributed by atoms with Crippen molar-refractivity contribution in [2.75, 3.05) is 66.1 Å². The van der Waals surface area contributed by atoms with Crippen molar-refractivity contribution in [3.05, 3.63) is 11.8 Å². The van der Waals surface area contributed by atoms with E-state index in [4.69, 9.17) is 14.2 Å². The molecule has 13 atom stereocenters. The summed E-state index contributed by atoms with van der Waals surface area (Å²) in [5, 5.41) is 6.54. The van der Waals surface area contributed by atoms with Gasteiger partial charge in [-0.1, -0.05) is 12.8 Å². The first-order chi connectivity index (χ1) is 25.3. The number of fused-ring (bicyclic) bond motifs is 5. The highest BCUT2D eigenvalue weighted by molar-refractivity contribution is 6.20. The number of carbonyl (C=O) groups is 3. The van der Waals surface area contributed by atoms with E-state index in [1.165, 1.54) is 32.1 Å². The van der Waals surface area contributed by atoms with E-state index in [-0.39, 0.29) is 66.5 Å². The molecule has 3 saturated carbocycles. The molecule has 0 aromatic carbocycles. The molecular weight excluding hydrogens is 667 g/mol. The van der Waals surface area contributed by atoms with Crippen molar-refractivity contribution in [2.24, 2.45) is 17.8 Å². The Morgan fingerprint density at radius 1 is 0.904 bits per heavy atom. The fraction of sp³-hybridized carbons (Fsp3) is 0.872. The molecular formula is C39H59FN6O6. The molecule has 0 aromatic heterocycles. The summed E-state index contributed by atoms with van der Waals surface area (Å²) in [6.07, 6.45) is 11.1. The number of nitrogens with one attached hydrogen (secondary N) is 2.